The second-order valence-electron chi connectivity index (χ2n) is 4.88. The van der Waals surface area contributed by atoms with Gasteiger partial charge in [-0.05, 0) is 31.2 Å². The summed E-state index contributed by atoms with van der Waals surface area (Å²) in [6.07, 6.45) is -4.11. The van der Waals surface area contributed by atoms with Gasteiger partial charge in [0.15, 0.2) is 11.5 Å². The third-order valence-electron chi connectivity index (χ3n) is 3.20. The molecule has 2 rings (SSSR count). The molecule has 0 atom stereocenters. The van der Waals surface area contributed by atoms with E-state index >= 15 is 0 Å². The molecule has 0 aliphatic carbocycles. The summed E-state index contributed by atoms with van der Waals surface area (Å²) >= 11 is 0. The lowest BCUT2D eigenvalue weighted by molar-refractivity contribution is -0.137. The molecule has 0 saturated heterocycles. The van der Waals surface area contributed by atoms with Crippen molar-refractivity contribution in [2.45, 2.75) is 13.1 Å². The molecular formula is C16H15F3N2O4. The molecule has 25 heavy (non-hydrogen) atoms. The van der Waals surface area contributed by atoms with E-state index in [4.69, 9.17) is 9.47 Å². The highest BCUT2D eigenvalue weighted by molar-refractivity contribution is 6.04. The molecule has 0 bridgehead atoms. The molecule has 1 heterocycles. The molecule has 0 unspecified atom stereocenters. The van der Waals surface area contributed by atoms with Crippen LogP contribution in [0, 0.1) is 0 Å². The average Bonchev–Trinajstić information content (AvgIpc) is 2.56. The molecule has 0 radical (unpaired) electrons. The van der Waals surface area contributed by atoms with Gasteiger partial charge in [-0.25, -0.2) is 0 Å². The number of carbonyl (C=O) groups excluding carboxylic acids is 1. The van der Waals surface area contributed by atoms with Crippen molar-refractivity contribution in [2.24, 2.45) is 0 Å². The van der Waals surface area contributed by atoms with Crippen LogP contribution in [0.5, 0.6) is 11.5 Å². The van der Waals surface area contributed by atoms with Gasteiger partial charge in [-0.2, -0.15) is 13.2 Å². The Bertz CT molecular complexity index is 831. The third-order valence-corrected chi connectivity index (χ3v) is 3.20. The summed E-state index contributed by atoms with van der Waals surface area (Å²) in [5.74, 6) is -0.0582. The van der Waals surface area contributed by atoms with Crippen molar-refractivity contribution in [3.8, 4) is 11.5 Å². The zero-order valence-corrected chi connectivity index (χ0v) is 13.4. The molecule has 0 aliphatic rings. The van der Waals surface area contributed by atoms with Crippen molar-refractivity contribution >= 4 is 11.6 Å². The van der Waals surface area contributed by atoms with E-state index in [1.54, 1.807) is 6.92 Å². The van der Waals surface area contributed by atoms with E-state index in [0.29, 0.717) is 24.6 Å². The van der Waals surface area contributed by atoms with Crippen molar-refractivity contribution in [1.82, 2.24) is 4.98 Å². The fraction of sp³-hybridized carbons (Fsp3) is 0.250. The molecule has 0 spiro atoms. The minimum Gasteiger partial charge on any atom is -0.493 e. The van der Waals surface area contributed by atoms with Crippen LogP contribution in [0.15, 0.2) is 35.3 Å². The molecular weight excluding hydrogens is 341 g/mol. The summed E-state index contributed by atoms with van der Waals surface area (Å²) in [5.41, 5.74) is -2.34. The highest BCUT2D eigenvalue weighted by Crippen LogP contribution is 2.30. The van der Waals surface area contributed by atoms with Gasteiger partial charge in [-0.3, -0.25) is 9.59 Å². The first-order valence-corrected chi connectivity index (χ1v) is 7.18. The predicted molar refractivity (Wildman–Crippen MR) is 84.2 cm³/mol. The number of methoxy groups -OCH3 is 1. The Balaban J connectivity index is 2.30. The monoisotopic (exact) mass is 356 g/mol. The fourth-order valence-corrected chi connectivity index (χ4v) is 2.02. The van der Waals surface area contributed by atoms with Crippen molar-refractivity contribution in [3.05, 3.63) is 51.9 Å². The topological polar surface area (TPSA) is 80.4 Å². The average molecular weight is 356 g/mol. The van der Waals surface area contributed by atoms with E-state index in [1.165, 1.54) is 25.3 Å². The molecule has 6 nitrogen and oxygen atoms in total. The first-order valence-electron chi connectivity index (χ1n) is 7.18. The second-order valence-corrected chi connectivity index (χ2v) is 4.88. The van der Waals surface area contributed by atoms with E-state index in [9.17, 15) is 22.8 Å². The summed E-state index contributed by atoms with van der Waals surface area (Å²) in [6, 6.07) is 4.84. The number of hydrogen-bond donors (Lipinski definition) is 2. The number of amides is 1. The van der Waals surface area contributed by atoms with Gasteiger partial charge in [0, 0.05) is 11.8 Å². The van der Waals surface area contributed by atoms with Crippen LogP contribution in [0.4, 0.5) is 18.9 Å². The number of alkyl halides is 3. The Labute approximate surface area is 140 Å². The number of halogens is 3. The van der Waals surface area contributed by atoms with Crippen LogP contribution < -0.4 is 20.3 Å². The Kier molecular flexibility index (Phi) is 5.35. The van der Waals surface area contributed by atoms with Crippen LogP contribution in [0.3, 0.4) is 0 Å². The zero-order chi connectivity index (χ0) is 18.6. The number of hydrogen-bond acceptors (Lipinski definition) is 4. The second kappa shape index (κ2) is 7.29. The number of nitrogens with one attached hydrogen (secondary N) is 2. The molecule has 0 aliphatic heterocycles. The van der Waals surface area contributed by atoms with Gasteiger partial charge in [-0.1, -0.05) is 0 Å². The van der Waals surface area contributed by atoms with E-state index in [-0.39, 0.29) is 11.3 Å². The number of pyridine rings is 1. The molecule has 134 valence electrons. The van der Waals surface area contributed by atoms with Crippen molar-refractivity contribution in [3.63, 3.8) is 0 Å². The fourth-order valence-electron chi connectivity index (χ4n) is 2.02. The summed E-state index contributed by atoms with van der Waals surface area (Å²) in [4.78, 5) is 25.8. The maximum Gasteiger partial charge on any atom is 0.417 e. The van der Waals surface area contributed by atoms with E-state index in [0.717, 1.165) is 0 Å². The van der Waals surface area contributed by atoms with Gasteiger partial charge in [0.2, 0.25) is 0 Å². The van der Waals surface area contributed by atoms with E-state index < -0.39 is 28.9 Å². The molecule has 2 aromatic rings. The molecule has 1 aromatic carbocycles. The van der Waals surface area contributed by atoms with Gasteiger partial charge in [0.05, 0.1) is 19.3 Å². The Morgan fingerprint density at radius 3 is 2.56 bits per heavy atom. The van der Waals surface area contributed by atoms with E-state index in [1.807, 2.05) is 4.98 Å². The van der Waals surface area contributed by atoms with E-state index in [2.05, 4.69) is 5.32 Å². The lowest BCUT2D eigenvalue weighted by Gasteiger charge is -2.12. The van der Waals surface area contributed by atoms with Gasteiger partial charge in [-0.15, -0.1) is 0 Å². The highest BCUT2D eigenvalue weighted by atomic mass is 19.4. The highest BCUT2D eigenvalue weighted by Gasteiger charge is 2.31. The molecule has 9 heteroatoms. The SMILES string of the molecule is CCOc1ccc(C(=O)Nc2cc(C(F)(F)F)c[nH]c2=O)cc1OC. The standard InChI is InChI=1S/C16H15F3N2O4/c1-3-25-12-5-4-9(6-13(12)24-2)14(22)21-11-7-10(16(17,18)19)8-20-15(11)23/h4-8H,3H2,1-2H3,(H,20,23)(H,21,22). The Morgan fingerprint density at radius 1 is 1.24 bits per heavy atom. The van der Waals surface area contributed by atoms with Crippen LogP contribution in [0.1, 0.15) is 22.8 Å². The first-order chi connectivity index (χ1) is 11.8. The van der Waals surface area contributed by atoms with Crippen LogP contribution in [-0.2, 0) is 6.18 Å². The number of rotatable bonds is 5. The predicted octanol–water partition coefficient (Wildman–Crippen LogP) is 3.05. The zero-order valence-electron chi connectivity index (χ0n) is 13.4. The Hall–Kier alpha value is -2.97. The number of aromatic amines is 1. The third kappa shape index (κ3) is 4.31. The maximum atomic E-state index is 12.7. The van der Waals surface area contributed by atoms with Gasteiger partial charge in [0.1, 0.15) is 5.69 Å². The number of carbonyl (C=O) groups is 1. The number of ether oxygens (including phenoxy) is 2. The minimum atomic E-state index is -4.65. The normalized spacial score (nSPS) is 11.1. The molecule has 2 N–H and O–H groups in total. The largest absolute Gasteiger partial charge is 0.493 e. The number of H-pyrrole nitrogens is 1. The summed E-state index contributed by atoms with van der Waals surface area (Å²) in [5, 5.41) is 2.16. The van der Waals surface area contributed by atoms with Crippen LogP contribution in [-0.4, -0.2) is 24.6 Å². The van der Waals surface area contributed by atoms with Crippen LogP contribution in [0.25, 0.3) is 0 Å². The smallest absolute Gasteiger partial charge is 0.417 e. The lowest BCUT2D eigenvalue weighted by Crippen LogP contribution is -2.21. The summed E-state index contributed by atoms with van der Waals surface area (Å²) < 4.78 is 48.6. The molecule has 0 fully saturated rings. The maximum absolute atomic E-state index is 12.7. The van der Waals surface area contributed by atoms with Crippen molar-refractivity contribution < 1.29 is 27.4 Å². The first kappa shape index (κ1) is 18.4. The Morgan fingerprint density at radius 2 is 1.96 bits per heavy atom. The number of benzene rings is 1. The summed E-state index contributed by atoms with van der Waals surface area (Å²) in [6.45, 7) is 2.17. The van der Waals surface area contributed by atoms with Crippen LogP contribution in [0.2, 0.25) is 0 Å². The molecule has 1 aromatic heterocycles. The lowest BCUT2D eigenvalue weighted by atomic mass is 10.1. The molecule has 1 amide bonds. The number of anilines is 1. The molecule has 0 saturated carbocycles. The quantitative estimate of drug-likeness (QED) is 0.863. The van der Waals surface area contributed by atoms with Crippen molar-refractivity contribution in [1.29, 1.82) is 0 Å². The van der Waals surface area contributed by atoms with Gasteiger partial charge < -0.3 is 19.8 Å². The van der Waals surface area contributed by atoms with Gasteiger partial charge >= 0.3 is 6.18 Å². The number of aromatic nitrogens is 1. The minimum absolute atomic E-state index is 0.0946. The van der Waals surface area contributed by atoms with Crippen LogP contribution >= 0.6 is 0 Å². The van der Waals surface area contributed by atoms with Crippen molar-refractivity contribution in [2.75, 3.05) is 19.0 Å². The van der Waals surface area contributed by atoms with Gasteiger partial charge in [0.25, 0.3) is 11.5 Å². The summed E-state index contributed by atoms with van der Waals surface area (Å²) in [7, 11) is 1.39.